The highest BCUT2D eigenvalue weighted by Gasteiger charge is 2.28. The number of nitrogens with one attached hydrogen (secondary N) is 1. The Balaban J connectivity index is 1.72. The minimum Gasteiger partial charge on any atom is -0.342 e. The van der Waals surface area contributed by atoms with E-state index >= 15 is 0 Å². The Morgan fingerprint density at radius 1 is 1.33 bits per heavy atom. The molecule has 134 valence electrons. The van der Waals surface area contributed by atoms with Gasteiger partial charge in [-0.15, -0.1) is 0 Å². The number of hydrogen-bond donors (Lipinski definition) is 1. The molecule has 0 aromatic carbocycles. The Morgan fingerprint density at radius 2 is 2.08 bits per heavy atom. The van der Waals surface area contributed by atoms with Crippen molar-refractivity contribution in [3.05, 3.63) is 18.0 Å². The van der Waals surface area contributed by atoms with Crippen molar-refractivity contribution in [1.29, 1.82) is 0 Å². The molecule has 3 rings (SSSR count). The van der Waals surface area contributed by atoms with Gasteiger partial charge in [0.25, 0.3) is 0 Å². The summed E-state index contributed by atoms with van der Waals surface area (Å²) in [5.74, 6) is 0.129. The number of carbonyl (C=O) groups excluding carboxylic acids is 1. The molecule has 0 spiro atoms. The van der Waals surface area contributed by atoms with Crippen molar-refractivity contribution in [2.45, 2.75) is 38.4 Å². The van der Waals surface area contributed by atoms with Crippen molar-refractivity contribution in [1.82, 2.24) is 24.3 Å². The minimum absolute atomic E-state index is 0.0204. The molecule has 1 N–H and O–H groups in total. The number of aromatic nitrogens is 2. The lowest BCUT2D eigenvalue weighted by atomic mass is 10.1. The maximum atomic E-state index is 12.5. The molecular weight excluding hydrogens is 330 g/mol. The van der Waals surface area contributed by atoms with Gasteiger partial charge in [-0.05, 0) is 25.3 Å². The number of aryl methyl sites for hydroxylation is 1. The summed E-state index contributed by atoms with van der Waals surface area (Å²) in [6.07, 6.45) is 5.82. The summed E-state index contributed by atoms with van der Waals surface area (Å²) in [5, 5.41) is 4.31. The fraction of sp³-hybridized carbons (Fsp3) is 0.733. The predicted molar refractivity (Wildman–Crippen MR) is 89.7 cm³/mol. The van der Waals surface area contributed by atoms with E-state index in [0.29, 0.717) is 19.6 Å². The van der Waals surface area contributed by atoms with E-state index in [2.05, 4.69) is 14.7 Å². The van der Waals surface area contributed by atoms with Crippen LogP contribution in [0.5, 0.6) is 0 Å². The summed E-state index contributed by atoms with van der Waals surface area (Å²) in [6.45, 7) is 3.63. The van der Waals surface area contributed by atoms with E-state index in [-0.39, 0.29) is 11.9 Å². The summed E-state index contributed by atoms with van der Waals surface area (Å²) in [7, 11) is -3.25. The lowest BCUT2D eigenvalue weighted by Crippen LogP contribution is -2.47. The van der Waals surface area contributed by atoms with Crippen LogP contribution in [0.3, 0.4) is 0 Å². The third-order valence-corrected chi connectivity index (χ3v) is 5.43. The first-order chi connectivity index (χ1) is 11.4. The van der Waals surface area contributed by atoms with Gasteiger partial charge in [-0.3, -0.25) is 14.4 Å². The molecule has 0 bridgehead atoms. The smallest absolute Gasteiger partial charge is 0.236 e. The second-order valence-electron chi connectivity index (χ2n) is 6.60. The average molecular weight is 355 g/mol. The number of sulfonamides is 1. The van der Waals surface area contributed by atoms with Crippen LogP contribution in [0.4, 0.5) is 0 Å². The summed E-state index contributed by atoms with van der Waals surface area (Å²) in [6, 6.07) is 1.94. The number of amides is 1. The summed E-state index contributed by atoms with van der Waals surface area (Å²) < 4.78 is 27.4. The first-order valence-electron chi connectivity index (χ1n) is 8.39. The molecule has 0 radical (unpaired) electrons. The molecular formula is C15H25N5O3S. The van der Waals surface area contributed by atoms with Crippen molar-refractivity contribution in [2.24, 2.45) is 0 Å². The number of fused-ring (bicyclic) bond motifs is 1. The fourth-order valence-electron chi connectivity index (χ4n) is 3.39. The normalized spacial score (nSPS) is 22.4. The van der Waals surface area contributed by atoms with Gasteiger partial charge in [-0.1, -0.05) is 0 Å². The van der Waals surface area contributed by atoms with Crippen LogP contribution in [0.1, 0.15) is 25.0 Å². The Bertz CT molecular complexity index is 681. The summed E-state index contributed by atoms with van der Waals surface area (Å²) in [4.78, 5) is 16.5. The molecule has 1 saturated heterocycles. The maximum absolute atomic E-state index is 12.5. The number of carbonyl (C=O) groups is 1. The van der Waals surface area contributed by atoms with E-state index in [4.69, 9.17) is 0 Å². The Morgan fingerprint density at radius 3 is 2.79 bits per heavy atom. The zero-order chi connectivity index (χ0) is 17.2. The second kappa shape index (κ2) is 7.20. The molecule has 0 aliphatic carbocycles. The van der Waals surface area contributed by atoms with Crippen LogP contribution in [-0.2, 0) is 27.9 Å². The molecule has 1 aromatic rings. The molecule has 9 heteroatoms. The highest BCUT2D eigenvalue weighted by molar-refractivity contribution is 7.88. The van der Waals surface area contributed by atoms with Gasteiger partial charge in [0.05, 0.1) is 18.5 Å². The van der Waals surface area contributed by atoms with E-state index in [1.54, 1.807) is 6.20 Å². The summed E-state index contributed by atoms with van der Waals surface area (Å²) >= 11 is 0. The molecule has 1 fully saturated rings. The lowest BCUT2D eigenvalue weighted by molar-refractivity contribution is -0.132. The predicted octanol–water partition coefficient (Wildman–Crippen LogP) is -0.371. The van der Waals surface area contributed by atoms with Gasteiger partial charge in [0.1, 0.15) is 0 Å². The van der Waals surface area contributed by atoms with Crippen molar-refractivity contribution >= 4 is 15.9 Å². The zero-order valence-corrected chi connectivity index (χ0v) is 14.8. The Kier molecular flexibility index (Phi) is 5.21. The Hall–Kier alpha value is -1.45. The molecule has 8 nitrogen and oxygen atoms in total. The lowest BCUT2D eigenvalue weighted by Gasteiger charge is -2.30. The van der Waals surface area contributed by atoms with Crippen LogP contribution in [0.2, 0.25) is 0 Å². The Labute approximate surface area is 142 Å². The number of likely N-dealkylation sites (tertiary alicyclic amines) is 1. The first-order valence-corrected chi connectivity index (χ1v) is 10.3. The fourth-order valence-corrected chi connectivity index (χ4v) is 3.89. The molecule has 1 atom stereocenters. The highest BCUT2D eigenvalue weighted by atomic mass is 32.2. The number of rotatable bonds is 5. The van der Waals surface area contributed by atoms with Crippen LogP contribution < -0.4 is 4.72 Å². The van der Waals surface area contributed by atoms with E-state index in [1.165, 1.54) is 0 Å². The molecule has 1 aromatic heterocycles. The van der Waals surface area contributed by atoms with Gasteiger partial charge in [-0.2, -0.15) is 5.10 Å². The van der Waals surface area contributed by atoms with Crippen molar-refractivity contribution in [2.75, 3.05) is 32.4 Å². The van der Waals surface area contributed by atoms with Crippen LogP contribution in [0.25, 0.3) is 0 Å². The van der Waals surface area contributed by atoms with Crippen molar-refractivity contribution < 1.29 is 13.2 Å². The molecule has 0 unspecified atom stereocenters. The van der Waals surface area contributed by atoms with E-state index in [1.807, 2.05) is 15.6 Å². The van der Waals surface area contributed by atoms with Gasteiger partial charge in [0, 0.05) is 45.0 Å². The third kappa shape index (κ3) is 4.34. The largest absolute Gasteiger partial charge is 0.342 e. The van der Waals surface area contributed by atoms with Crippen molar-refractivity contribution in [3.8, 4) is 0 Å². The van der Waals surface area contributed by atoms with Crippen LogP contribution >= 0.6 is 0 Å². The highest BCUT2D eigenvalue weighted by Crippen LogP contribution is 2.18. The SMILES string of the molecule is CS(=O)(=O)NC[C@@H]1CCn2nccc2CN1CC(=O)N1CCCC1. The average Bonchev–Trinajstić information content (AvgIpc) is 3.15. The number of nitrogens with zero attached hydrogens (tertiary/aromatic N) is 4. The quantitative estimate of drug-likeness (QED) is 0.779. The van der Waals surface area contributed by atoms with Crippen molar-refractivity contribution in [3.63, 3.8) is 0 Å². The number of hydrogen-bond acceptors (Lipinski definition) is 5. The second-order valence-corrected chi connectivity index (χ2v) is 8.43. The zero-order valence-electron chi connectivity index (χ0n) is 14.0. The molecule has 24 heavy (non-hydrogen) atoms. The van der Waals surface area contributed by atoms with Gasteiger partial charge >= 0.3 is 0 Å². The van der Waals surface area contributed by atoms with E-state index in [0.717, 1.165) is 50.8 Å². The van der Waals surface area contributed by atoms with Crippen LogP contribution in [-0.4, -0.2) is 72.4 Å². The molecule has 2 aliphatic heterocycles. The standard InChI is InChI=1S/C15H25N5O3S/c1-24(22,23)17-10-13-5-9-20-14(4-6-16-20)11-19(13)12-15(21)18-7-2-3-8-18/h4,6,13,17H,2-3,5,7-12H2,1H3/t13-/m0/s1. The van der Waals surface area contributed by atoms with E-state index in [9.17, 15) is 13.2 Å². The topological polar surface area (TPSA) is 87.5 Å². The van der Waals surface area contributed by atoms with Crippen LogP contribution in [0.15, 0.2) is 12.3 Å². The molecule has 1 amide bonds. The molecule has 3 heterocycles. The monoisotopic (exact) mass is 355 g/mol. The maximum Gasteiger partial charge on any atom is 0.236 e. The summed E-state index contributed by atoms with van der Waals surface area (Å²) in [5.41, 5.74) is 1.06. The van der Waals surface area contributed by atoms with E-state index < -0.39 is 10.0 Å². The third-order valence-electron chi connectivity index (χ3n) is 4.74. The van der Waals surface area contributed by atoms with Gasteiger partial charge < -0.3 is 4.90 Å². The van der Waals surface area contributed by atoms with Gasteiger partial charge in [0.2, 0.25) is 15.9 Å². The van der Waals surface area contributed by atoms with Gasteiger partial charge in [0.15, 0.2) is 0 Å². The minimum atomic E-state index is -3.25. The van der Waals surface area contributed by atoms with Gasteiger partial charge in [-0.25, -0.2) is 13.1 Å². The van der Waals surface area contributed by atoms with Crippen LogP contribution in [0, 0.1) is 0 Å². The first kappa shape index (κ1) is 17.4. The molecule has 2 aliphatic rings. The molecule has 0 saturated carbocycles.